The number of carbonyl (C=O) groups is 3. The lowest BCUT2D eigenvalue weighted by atomic mass is 10.0. The van der Waals surface area contributed by atoms with E-state index in [1.165, 1.54) is 6.07 Å². The van der Waals surface area contributed by atoms with E-state index in [1.807, 2.05) is 0 Å². The zero-order valence-electron chi connectivity index (χ0n) is 15.2. The van der Waals surface area contributed by atoms with Crippen LogP contribution in [0.4, 0.5) is 10.1 Å². The van der Waals surface area contributed by atoms with Crippen molar-refractivity contribution in [2.75, 3.05) is 5.32 Å². The minimum absolute atomic E-state index is 0.0798. The van der Waals surface area contributed by atoms with Gasteiger partial charge in [0.25, 0.3) is 5.91 Å². The van der Waals surface area contributed by atoms with E-state index < -0.39 is 11.9 Å². The van der Waals surface area contributed by atoms with Crippen LogP contribution in [-0.2, 0) is 16.1 Å². The van der Waals surface area contributed by atoms with E-state index in [4.69, 9.17) is 5.11 Å². The van der Waals surface area contributed by atoms with E-state index in [0.29, 0.717) is 36.1 Å². The van der Waals surface area contributed by atoms with Gasteiger partial charge in [0.2, 0.25) is 5.91 Å². The van der Waals surface area contributed by atoms with Gasteiger partial charge in [-0.3, -0.25) is 14.4 Å². The van der Waals surface area contributed by atoms with Crippen molar-refractivity contribution in [2.45, 2.75) is 25.8 Å². The van der Waals surface area contributed by atoms with Gasteiger partial charge in [0.1, 0.15) is 5.82 Å². The number of anilines is 1. The predicted molar refractivity (Wildman–Crippen MR) is 101 cm³/mol. The molecule has 0 unspecified atom stereocenters. The fraction of sp³-hybridized carbons (Fsp3) is 0.286. The second-order valence-electron chi connectivity index (χ2n) is 6.89. The van der Waals surface area contributed by atoms with Gasteiger partial charge >= 0.3 is 5.97 Å². The summed E-state index contributed by atoms with van der Waals surface area (Å²) in [5.41, 5.74) is 1.33. The Bertz CT molecular complexity index is 882. The Labute approximate surface area is 161 Å². The van der Waals surface area contributed by atoms with Gasteiger partial charge in [-0.05, 0) is 49.6 Å². The average Bonchev–Trinajstić information content (AvgIpc) is 3.18. The van der Waals surface area contributed by atoms with Crippen LogP contribution in [-0.4, -0.2) is 22.9 Å². The molecule has 2 atom stereocenters. The van der Waals surface area contributed by atoms with E-state index in [0.717, 1.165) is 0 Å². The highest BCUT2D eigenvalue weighted by Gasteiger charge is 2.33. The molecule has 3 N–H and O–H groups in total. The summed E-state index contributed by atoms with van der Waals surface area (Å²) < 4.78 is 13.6. The fourth-order valence-corrected chi connectivity index (χ4v) is 3.31. The summed E-state index contributed by atoms with van der Waals surface area (Å²) in [5.74, 6) is -2.57. The monoisotopic (exact) mass is 384 g/mol. The van der Waals surface area contributed by atoms with Crippen molar-refractivity contribution in [1.29, 1.82) is 0 Å². The summed E-state index contributed by atoms with van der Waals surface area (Å²) in [6.07, 6.45) is 1.41. The molecule has 1 aliphatic carbocycles. The number of carboxylic acid groups (broad SMARTS) is 1. The van der Waals surface area contributed by atoms with Gasteiger partial charge in [-0.1, -0.05) is 18.2 Å². The van der Waals surface area contributed by atoms with Crippen LogP contribution >= 0.6 is 0 Å². The highest BCUT2D eigenvalue weighted by atomic mass is 19.1. The van der Waals surface area contributed by atoms with Gasteiger partial charge in [0, 0.05) is 29.3 Å². The molecule has 1 saturated carbocycles. The Morgan fingerprint density at radius 3 is 2.32 bits per heavy atom. The molecule has 0 radical (unpaired) electrons. The maximum atomic E-state index is 13.6. The number of rotatable bonds is 6. The second-order valence-corrected chi connectivity index (χ2v) is 6.89. The van der Waals surface area contributed by atoms with Gasteiger partial charge in [0.15, 0.2) is 0 Å². The molecule has 0 aromatic heterocycles. The summed E-state index contributed by atoms with van der Waals surface area (Å²) in [5, 5.41) is 14.4. The van der Waals surface area contributed by atoms with Crippen LogP contribution in [0.1, 0.15) is 35.2 Å². The van der Waals surface area contributed by atoms with Gasteiger partial charge in [-0.25, -0.2) is 4.39 Å². The predicted octanol–water partition coefficient (Wildman–Crippen LogP) is 3.20. The van der Waals surface area contributed by atoms with Crippen molar-refractivity contribution in [2.24, 2.45) is 11.8 Å². The first kappa shape index (κ1) is 19.5. The van der Waals surface area contributed by atoms with E-state index in [-0.39, 0.29) is 30.1 Å². The summed E-state index contributed by atoms with van der Waals surface area (Å²) >= 11 is 0. The molecule has 0 aliphatic heterocycles. The lowest BCUT2D eigenvalue weighted by Crippen LogP contribution is -2.23. The van der Waals surface area contributed by atoms with Crippen molar-refractivity contribution < 1.29 is 23.9 Å². The van der Waals surface area contributed by atoms with E-state index in [9.17, 15) is 18.8 Å². The number of carbonyl (C=O) groups excluding carboxylic acids is 2. The normalized spacial score (nSPS) is 18.5. The highest BCUT2D eigenvalue weighted by Crippen LogP contribution is 2.31. The summed E-state index contributed by atoms with van der Waals surface area (Å²) in [4.78, 5) is 35.5. The first-order valence-electron chi connectivity index (χ1n) is 9.09. The van der Waals surface area contributed by atoms with Crippen molar-refractivity contribution >= 4 is 23.5 Å². The third kappa shape index (κ3) is 4.73. The number of hydrogen-bond donors (Lipinski definition) is 3. The first-order chi connectivity index (χ1) is 13.4. The Morgan fingerprint density at radius 1 is 1.00 bits per heavy atom. The van der Waals surface area contributed by atoms with Crippen LogP contribution in [0.25, 0.3) is 0 Å². The SMILES string of the molecule is O=C(NCc1ccccc1F)c1ccc(NC(=O)[C@H]2CC[C@@H](C(=O)O)C2)cc1. The number of amides is 2. The van der Waals surface area contributed by atoms with Crippen molar-refractivity contribution in [3.05, 3.63) is 65.5 Å². The number of halogens is 1. The summed E-state index contributed by atoms with van der Waals surface area (Å²) in [6, 6.07) is 12.6. The van der Waals surface area contributed by atoms with E-state index in [2.05, 4.69) is 10.6 Å². The van der Waals surface area contributed by atoms with Gasteiger partial charge in [-0.2, -0.15) is 0 Å². The molecule has 0 heterocycles. The van der Waals surface area contributed by atoms with E-state index in [1.54, 1.807) is 42.5 Å². The van der Waals surface area contributed by atoms with E-state index >= 15 is 0 Å². The van der Waals surface area contributed by atoms with Crippen LogP contribution in [0.15, 0.2) is 48.5 Å². The molecule has 2 amide bonds. The molecular weight excluding hydrogens is 363 g/mol. The molecule has 1 fully saturated rings. The van der Waals surface area contributed by atoms with Gasteiger partial charge in [0.05, 0.1) is 5.92 Å². The van der Waals surface area contributed by atoms with Crippen molar-refractivity contribution in [3.63, 3.8) is 0 Å². The second kappa shape index (κ2) is 8.65. The third-order valence-electron chi connectivity index (χ3n) is 4.96. The average molecular weight is 384 g/mol. The zero-order valence-corrected chi connectivity index (χ0v) is 15.2. The maximum absolute atomic E-state index is 13.6. The van der Waals surface area contributed by atoms with Crippen LogP contribution < -0.4 is 10.6 Å². The number of benzene rings is 2. The molecule has 6 nitrogen and oxygen atoms in total. The Kier molecular flexibility index (Phi) is 6.03. The van der Waals surface area contributed by atoms with Crippen LogP contribution in [0.3, 0.4) is 0 Å². The minimum Gasteiger partial charge on any atom is -0.481 e. The number of nitrogens with one attached hydrogen (secondary N) is 2. The first-order valence-corrected chi connectivity index (χ1v) is 9.09. The Hall–Kier alpha value is -3.22. The lowest BCUT2D eigenvalue weighted by molar-refractivity contribution is -0.141. The number of hydrogen-bond acceptors (Lipinski definition) is 3. The molecule has 2 aromatic rings. The third-order valence-corrected chi connectivity index (χ3v) is 4.96. The quantitative estimate of drug-likeness (QED) is 0.713. The standard InChI is InChI=1S/C21H21FN2O4/c22-18-4-2-1-3-16(18)12-23-19(25)13-7-9-17(10-8-13)24-20(26)14-5-6-15(11-14)21(27)28/h1-4,7-10,14-15H,5-6,11-12H2,(H,23,25)(H,24,26)(H,27,28)/t14-,15+/m0/s1. The van der Waals surface area contributed by atoms with Gasteiger partial charge < -0.3 is 15.7 Å². The molecule has 0 spiro atoms. The summed E-state index contributed by atoms with van der Waals surface area (Å²) in [7, 11) is 0. The van der Waals surface area contributed by atoms with Crippen LogP contribution in [0.5, 0.6) is 0 Å². The molecule has 0 bridgehead atoms. The molecular formula is C21H21FN2O4. The van der Waals surface area contributed by atoms with Crippen molar-refractivity contribution in [3.8, 4) is 0 Å². The molecule has 2 aromatic carbocycles. The topological polar surface area (TPSA) is 95.5 Å². The lowest BCUT2D eigenvalue weighted by Gasteiger charge is -2.11. The van der Waals surface area contributed by atoms with Crippen LogP contribution in [0, 0.1) is 17.7 Å². The molecule has 0 saturated heterocycles. The molecule has 7 heteroatoms. The molecule has 146 valence electrons. The van der Waals surface area contributed by atoms with Gasteiger partial charge in [-0.15, -0.1) is 0 Å². The molecule has 1 aliphatic rings. The molecule has 28 heavy (non-hydrogen) atoms. The highest BCUT2D eigenvalue weighted by molar-refractivity contribution is 5.96. The number of carboxylic acids is 1. The largest absolute Gasteiger partial charge is 0.481 e. The van der Waals surface area contributed by atoms with Crippen LogP contribution in [0.2, 0.25) is 0 Å². The smallest absolute Gasteiger partial charge is 0.306 e. The number of aliphatic carboxylic acids is 1. The Morgan fingerprint density at radius 2 is 1.68 bits per heavy atom. The van der Waals surface area contributed by atoms with Crippen molar-refractivity contribution in [1.82, 2.24) is 5.32 Å². The Balaban J connectivity index is 1.53. The molecule has 3 rings (SSSR count). The zero-order chi connectivity index (χ0) is 20.1. The fourth-order valence-electron chi connectivity index (χ4n) is 3.31. The minimum atomic E-state index is -0.860. The maximum Gasteiger partial charge on any atom is 0.306 e. The summed E-state index contributed by atoms with van der Waals surface area (Å²) in [6.45, 7) is 0.0798.